The maximum atomic E-state index is 14.8. The Balaban J connectivity index is 1.71. The van der Waals surface area contributed by atoms with Crippen LogP contribution in [0.2, 0.25) is 0 Å². The Bertz CT molecular complexity index is 1450. The molecule has 14 heteroatoms. The van der Waals surface area contributed by atoms with Crippen molar-refractivity contribution in [2.45, 2.75) is 77.9 Å². The molecule has 13 nitrogen and oxygen atoms in total. The van der Waals surface area contributed by atoms with Crippen LogP contribution in [0.25, 0.3) is 11.2 Å². The summed E-state index contributed by atoms with van der Waals surface area (Å²) in [4.78, 5) is 56.6. The van der Waals surface area contributed by atoms with Crippen LogP contribution in [0.5, 0.6) is 0 Å². The van der Waals surface area contributed by atoms with E-state index in [9.17, 15) is 18.8 Å². The van der Waals surface area contributed by atoms with Crippen LogP contribution in [0.1, 0.15) is 64.0 Å². The van der Waals surface area contributed by atoms with Gasteiger partial charge in [0.1, 0.15) is 17.2 Å². The highest BCUT2D eigenvalue weighted by Crippen LogP contribution is 2.20. The molecule has 3 rings (SSSR count). The molecule has 42 heavy (non-hydrogen) atoms. The van der Waals surface area contributed by atoms with Crippen molar-refractivity contribution in [3.8, 4) is 0 Å². The third kappa shape index (κ3) is 8.94. The molecule has 1 aromatic carbocycles. The van der Waals surface area contributed by atoms with E-state index in [1.54, 1.807) is 72.0 Å². The zero-order valence-electron chi connectivity index (χ0n) is 24.8. The smallest absolute Gasteiger partial charge is 0.341 e. The van der Waals surface area contributed by atoms with Crippen molar-refractivity contribution < 1.29 is 28.2 Å². The predicted octanol–water partition coefficient (Wildman–Crippen LogP) is 2.73. The topological polar surface area (TPSA) is 189 Å². The van der Waals surface area contributed by atoms with Crippen molar-refractivity contribution in [3.05, 3.63) is 41.7 Å². The number of hydrogen-bond acceptors (Lipinski definition) is 12. The summed E-state index contributed by atoms with van der Waals surface area (Å²) < 4.78 is 25.2. The number of nitrogens with one attached hydrogen (secondary N) is 1. The Morgan fingerprint density at radius 2 is 1.55 bits per heavy atom. The van der Waals surface area contributed by atoms with Crippen molar-refractivity contribution in [1.82, 2.24) is 25.3 Å². The summed E-state index contributed by atoms with van der Waals surface area (Å²) in [5.74, 6) is -2.52. The number of hydrogen-bond donors (Lipinski definition) is 3. The molecule has 0 saturated carbocycles. The summed E-state index contributed by atoms with van der Waals surface area (Å²) in [6, 6.07) is 5.06. The van der Waals surface area contributed by atoms with Crippen LogP contribution in [-0.2, 0) is 25.6 Å². The number of rotatable bonds is 9. The molecule has 1 amide bonds. The van der Waals surface area contributed by atoms with E-state index in [0.717, 1.165) is 5.69 Å². The number of alkyl halides is 1. The minimum atomic E-state index is -2.16. The molecule has 0 aliphatic rings. The predicted molar refractivity (Wildman–Crippen MR) is 155 cm³/mol. The van der Waals surface area contributed by atoms with E-state index >= 15 is 0 Å². The van der Waals surface area contributed by atoms with Gasteiger partial charge in [0.05, 0.1) is 18.4 Å². The number of esters is 2. The van der Waals surface area contributed by atoms with Crippen molar-refractivity contribution in [1.29, 1.82) is 0 Å². The summed E-state index contributed by atoms with van der Waals surface area (Å²) >= 11 is 0. The molecular weight excluding hydrogens is 547 g/mol. The Labute approximate surface area is 243 Å². The van der Waals surface area contributed by atoms with Crippen molar-refractivity contribution in [3.63, 3.8) is 0 Å². The normalized spacial score (nSPS) is 13.2. The minimum Gasteiger partial charge on any atom is -0.458 e. The Hall–Kier alpha value is -4.62. The summed E-state index contributed by atoms with van der Waals surface area (Å²) in [7, 11) is 1.82. The highest BCUT2D eigenvalue weighted by atomic mass is 19.1. The molecule has 0 aliphatic carbocycles. The zero-order valence-corrected chi connectivity index (χ0v) is 24.8. The lowest BCUT2D eigenvalue weighted by Gasteiger charge is -2.26. The van der Waals surface area contributed by atoms with Crippen molar-refractivity contribution >= 4 is 46.5 Å². The maximum absolute atomic E-state index is 14.8. The number of ether oxygens (including phenoxy) is 2. The number of carbonyl (C=O) groups is 3. The van der Waals surface area contributed by atoms with Crippen LogP contribution in [0, 0.1) is 0 Å². The Morgan fingerprint density at radius 3 is 2.14 bits per heavy atom. The number of benzene rings is 1. The summed E-state index contributed by atoms with van der Waals surface area (Å²) in [5.41, 5.74) is 11.9. The highest BCUT2D eigenvalue weighted by molar-refractivity contribution is 5.97. The van der Waals surface area contributed by atoms with Gasteiger partial charge in [0.2, 0.25) is 5.95 Å². The molecule has 2 aromatic heterocycles. The molecule has 2 atom stereocenters. The van der Waals surface area contributed by atoms with Crippen molar-refractivity contribution in [2.24, 2.45) is 0 Å². The minimum absolute atomic E-state index is 0.00765. The number of aromatic nitrogens is 4. The first-order valence-electron chi connectivity index (χ1n) is 13.2. The fourth-order valence-corrected chi connectivity index (χ4v) is 3.76. The molecule has 0 aliphatic heterocycles. The zero-order chi connectivity index (χ0) is 31.4. The standard InChI is InChI=1S/C28H37FN8O5/c1-27(2,3)41-24(39)18(29)12-19(25(40)42-28(4,5)6)34-23(38)15-8-10-17(11-9-15)37(7)14-16-13-32-22-20(33-16)21(30)35-26(31)36-22/h8-11,13,18-19H,12,14H2,1-7H3,(H,34,38)(H4,30,31,32,35,36)/t18-,19-/m0/s1. The fraction of sp³-hybridized carbons (Fsp3) is 0.464. The molecule has 0 spiro atoms. The average Bonchev–Trinajstić information content (AvgIpc) is 2.86. The molecule has 0 fully saturated rings. The van der Waals surface area contributed by atoms with Gasteiger partial charge in [-0.15, -0.1) is 0 Å². The Kier molecular flexibility index (Phi) is 9.49. The second kappa shape index (κ2) is 12.5. The number of nitrogens with zero attached hydrogens (tertiary/aromatic N) is 5. The van der Waals surface area contributed by atoms with Gasteiger partial charge in [-0.1, -0.05) is 0 Å². The summed E-state index contributed by atoms with van der Waals surface area (Å²) in [6.45, 7) is 10.1. The third-order valence-corrected chi connectivity index (χ3v) is 5.57. The number of halogens is 1. The first kappa shape index (κ1) is 31.9. The van der Waals surface area contributed by atoms with Crippen LogP contribution < -0.4 is 21.7 Å². The number of nitrogens with two attached hydrogens (primary N) is 2. The molecule has 2 heterocycles. The van der Waals surface area contributed by atoms with E-state index in [1.165, 1.54) is 0 Å². The molecule has 0 radical (unpaired) electrons. The van der Waals surface area contributed by atoms with Gasteiger partial charge in [-0.2, -0.15) is 9.97 Å². The van der Waals surface area contributed by atoms with Crippen LogP contribution in [0.3, 0.4) is 0 Å². The lowest BCUT2D eigenvalue weighted by molar-refractivity contribution is -0.163. The first-order chi connectivity index (χ1) is 19.4. The van der Waals surface area contributed by atoms with E-state index in [4.69, 9.17) is 20.9 Å². The number of nitrogen functional groups attached to an aromatic ring is 2. The summed E-state index contributed by atoms with van der Waals surface area (Å²) in [6.07, 6.45) is -1.25. The van der Waals surface area contributed by atoms with Crippen LogP contribution in [-0.4, -0.2) is 68.2 Å². The van der Waals surface area contributed by atoms with Gasteiger partial charge in [-0.05, 0) is 65.8 Å². The SMILES string of the molecule is CN(Cc1cnc2nc(N)nc(N)c2n1)c1ccc(C(=O)N[C@@H](C[C@H](F)C(=O)OC(C)(C)C)C(=O)OC(C)(C)C)cc1. The number of amides is 1. The highest BCUT2D eigenvalue weighted by Gasteiger charge is 2.34. The molecule has 226 valence electrons. The molecule has 0 saturated heterocycles. The third-order valence-electron chi connectivity index (χ3n) is 5.57. The van der Waals surface area contributed by atoms with E-state index in [2.05, 4.69) is 25.3 Å². The molecule has 0 unspecified atom stereocenters. The van der Waals surface area contributed by atoms with Crippen LogP contribution >= 0.6 is 0 Å². The van der Waals surface area contributed by atoms with Gasteiger partial charge in [0, 0.05) is 24.7 Å². The molecule has 3 aromatic rings. The quantitative estimate of drug-likeness (QED) is 0.312. The van der Waals surface area contributed by atoms with Gasteiger partial charge in [-0.3, -0.25) is 4.79 Å². The van der Waals surface area contributed by atoms with Crippen molar-refractivity contribution in [2.75, 3.05) is 23.4 Å². The van der Waals surface area contributed by atoms with Gasteiger partial charge in [0.25, 0.3) is 5.91 Å². The van der Waals surface area contributed by atoms with E-state index in [0.29, 0.717) is 17.8 Å². The van der Waals surface area contributed by atoms with E-state index < -0.39 is 47.7 Å². The number of fused-ring (bicyclic) bond motifs is 1. The monoisotopic (exact) mass is 584 g/mol. The van der Waals surface area contributed by atoms with Gasteiger partial charge in [0.15, 0.2) is 23.2 Å². The van der Waals surface area contributed by atoms with Gasteiger partial charge < -0.3 is 31.2 Å². The lowest BCUT2D eigenvalue weighted by atomic mass is 10.1. The first-order valence-corrected chi connectivity index (χ1v) is 13.2. The second-order valence-corrected chi connectivity index (χ2v) is 11.7. The van der Waals surface area contributed by atoms with Crippen LogP contribution in [0.4, 0.5) is 21.8 Å². The number of carbonyl (C=O) groups excluding carboxylic acids is 3. The maximum Gasteiger partial charge on any atom is 0.341 e. The molecule has 5 N–H and O–H groups in total. The summed E-state index contributed by atoms with van der Waals surface area (Å²) in [5, 5.41) is 2.49. The molecular formula is C28H37FN8O5. The van der Waals surface area contributed by atoms with Gasteiger partial charge >= 0.3 is 11.9 Å². The second-order valence-electron chi connectivity index (χ2n) is 11.7. The average molecular weight is 585 g/mol. The van der Waals surface area contributed by atoms with E-state index in [1.807, 2.05) is 11.9 Å². The largest absolute Gasteiger partial charge is 0.458 e. The van der Waals surface area contributed by atoms with E-state index in [-0.39, 0.29) is 23.0 Å². The van der Waals surface area contributed by atoms with Gasteiger partial charge in [-0.25, -0.2) is 23.9 Å². The van der Waals surface area contributed by atoms with Crippen LogP contribution in [0.15, 0.2) is 30.5 Å². The number of anilines is 3. The molecule has 0 bridgehead atoms. The lowest BCUT2D eigenvalue weighted by Crippen LogP contribution is -2.46. The Morgan fingerprint density at radius 1 is 0.952 bits per heavy atom. The fourth-order valence-electron chi connectivity index (χ4n) is 3.76.